The number of ether oxygens (including phenoxy) is 2. The largest absolute Gasteiger partial charge is 0.497 e. The van der Waals surface area contributed by atoms with Crippen molar-refractivity contribution in [2.75, 3.05) is 14.2 Å². The Kier molecular flexibility index (Phi) is 4.30. The summed E-state index contributed by atoms with van der Waals surface area (Å²) in [5.74, 6) is -0.418. The molecule has 0 saturated carbocycles. The van der Waals surface area contributed by atoms with Crippen LogP contribution in [-0.2, 0) is 4.79 Å². The van der Waals surface area contributed by atoms with Gasteiger partial charge in [-0.15, -0.1) is 0 Å². The minimum absolute atomic E-state index is 0.427. The van der Waals surface area contributed by atoms with Crippen LogP contribution < -0.4 is 15.2 Å². The predicted molar refractivity (Wildman–Crippen MR) is 60.1 cm³/mol. The van der Waals surface area contributed by atoms with Gasteiger partial charge in [0.2, 0.25) is 0 Å². The highest BCUT2D eigenvalue weighted by Crippen LogP contribution is 2.26. The molecule has 2 atom stereocenters. The SMILES string of the molecule is COc1cc(OC)cc(C(N)C(O)C(=O)O)c1. The first-order valence-electron chi connectivity index (χ1n) is 4.89. The number of rotatable bonds is 5. The van der Waals surface area contributed by atoms with Gasteiger partial charge in [-0.05, 0) is 17.7 Å². The molecule has 17 heavy (non-hydrogen) atoms. The maximum atomic E-state index is 10.6. The molecule has 6 heteroatoms. The van der Waals surface area contributed by atoms with E-state index in [-0.39, 0.29) is 0 Å². The highest BCUT2D eigenvalue weighted by Gasteiger charge is 2.24. The van der Waals surface area contributed by atoms with Crippen molar-refractivity contribution in [1.82, 2.24) is 0 Å². The van der Waals surface area contributed by atoms with E-state index in [1.54, 1.807) is 18.2 Å². The second-order valence-electron chi connectivity index (χ2n) is 3.45. The van der Waals surface area contributed by atoms with Crippen molar-refractivity contribution in [1.29, 1.82) is 0 Å². The Hall–Kier alpha value is -1.79. The quantitative estimate of drug-likeness (QED) is 0.678. The van der Waals surface area contributed by atoms with E-state index in [2.05, 4.69) is 0 Å². The van der Waals surface area contributed by atoms with Gasteiger partial charge >= 0.3 is 5.97 Å². The summed E-state index contributed by atoms with van der Waals surface area (Å²) in [7, 11) is 2.94. The molecule has 0 aliphatic heterocycles. The topological polar surface area (TPSA) is 102 Å². The monoisotopic (exact) mass is 241 g/mol. The molecule has 0 aromatic heterocycles. The van der Waals surface area contributed by atoms with E-state index in [9.17, 15) is 9.90 Å². The molecule has 0 saturated heterocycles. The summed E-state index contributed by atoms with van der Waals surface area (Å²) in [6.45, 7) is 0. The van der Waals surface area contributed by atoms with E-state index in [4.69, 9.17) is 20.3 Å². The third-order valence-electron chi connectivity index (χ3n) is 2.35. The average Bonchev–Trinajstić information content (AvgIpc) is 2.35. The molecular formula is C11H15NO5. The normalized spacial score (nSPS) is 13.9. The van der Waals surface area contributed by atoms with Crippen molar-refractivity contribution in [3.63, 3.8) is 0 Å². The first-order chi connectivity index (χ1) is 7.99. The number of aliphatic hydroxyl groups is 1. The fourth-order valence-electron chi connectivity index (χ4n) is 1.36. The molecule has 0 amide bonds. The van der Waals surface area contributed by atoms with Gasteiger partial charge < -0.3 is 25.4 Å². The number of hydrogen-bond donors (Lipinski definition) is 3. The van der Waals surface area contributed by atoms with E-state index in [1.165, 1.54) is 14.2 Å². The lowest BCUT2D eigenvalue weighted by Crippen LogP contribution is -2.33. The minimum Gasteiger partial charge on any atom is -0.497 e. The molecule has 1 aromatic rings. The van der Waals surface area contributed by atoms with Crippen molar-refractivity contribution in [3.8, 4) is 11.5 Å². The van der Waals surface area contributed by atoms with E-state index >= 15 is 0 Å². The number of carboxylic acids is 1. The number of carbonyl (C=O) groups is 1. The number of methoxy groups -OCH3 is 2. The second-order valence-corrected chi connectivity index (χ2v) is 3.45. The zero-order valence-electron chi connectivity index (χ0n) is 9.58. The zero-order chi connectivity index (χ0) is 13.0. The Bertz CT molecular complexity index is 385. The molecule has 94 valence electrons. The zero-order valence-corrected chi connectivity index (χ0v) is 9.58. The van der Waals surface area contributed by atoms with Crippen LogP contribution in [0.2, 0.25) is 0 Å². The van der Waals surface area contributed by atoms with Gasteiger partial charge in [0, 0.05) is 6.07 Å². The highest BCUT2D eigenvalue weighted by molar-refractivity contribution is 5.73. The molecule has 0 bridgehead atoms. The maximum Gasteiger partial charge on any atom is 0.334 e. The van der Waals surface area contributed by atoms with Crippen LogP contribution in [0.5, 0.6) is 11.5 Å². The average molecular weight is 241 g/mol. The summed E-state index contributed by atoms with van der Waals surface area (Å²) in [4.78, 5) is 10.6. The fraction of sp³-hybridized carbons (Fsp3) is 0.364. The molecule has 2 unspecified atom stereocenters. The van der Waals surface area contributed by atoms with Crippen LogP contribution in [0.15, 0.2) is 18.2 Å². The summed E-state index contributed by atoms with van der Waals surface area (Å²) in [5.41, 5.74) is 6.07. The summed E-state index contributed by atoms with van der Waals surface area (Å²) >= 11 is 0. The standard InChI is InChI=1S/C11H15NO5/c1-16-7-3-6(4-8(5-7)17-2)9(12)10(13)11(14)15/h3-5,9-10,13H,12H2,1-2H3,(H,14,15). The van der Waals surface area contributed by atoms with Gasteiger partial charge in [-0.1, -0.05) is 0 Å². The van der Waals surface area contributed by atoms with Gasteiger partial charge in [0.1, 0.15) is 11.5 Å². The van der Waals surface area contributed by atoms with Gasteiger partial charge in [-0.2, -0.15) is 0 Å². The molecule has 1 aromatic carbocycles. The molecule has 0 radical (unpaired) electrons. The van der Waals surface area contributed by atoms with Crippen molar-refractivity contribution < 1.29 is 24.5 Å². The van der Waals surface area contributed by atoms with E-state index < -0.39 is 18.1 Å². The van der Waals surface area contributed by atoms with Crippen LogP contribution in [0.4, 0.5) is 0 Å². The van der Waals surface area contributed by atoms with E-state index in [0.717, 1.165) is 0 Å². The fourth-order valence-corrected chi connectivity index (χ4v) is 1.36. The minimum atomic E-state index is -1.67. The van der Waals surface area contributed by atoms with Crippen molar-refractivity contribution in [2.24, 2.45) is 5.73 Å². The summed E-state index contributed by atoms with van der Waals surface area (Å²) < 4.78 is 10.0. The van der Waals surface area contributed by atoms with Crippen LogP contribution >= 0.6 is 0 Å². The van der Waals surface area contributed by atoms with Crippen molar-refractivity contribution in [3.05, 3.63) is 23.8 Å². The van der Waals surface area contributed by atoms with E-state index in [1.807, 2.05) is 0 Å². The Balaban J connectivity index is 3.07. The molecule has 0 aliphatic rings. The molecule has 0 spiro atoms. The Labute approximate surface area is 98.6 Å². The van der Waals surface area contributed by atoms with Crippen molar-refractivity contribution in [2.45, 2.75) is 12.1 Å². The van der Waals surface area contributed by atoms with Gasteiger partial charge in [-0.25, -0.2) is 4.79 Å². The number of aliphatic carboxylic acids is 1. The lowest BCUT2D eigenvalue weighted by molar-refractivity contribution is -0.147. The van der Waals surface area contributed by atoms with Gasteiger partial charge in [-0.3, -0.25) is 0 Å². The second kappa shape index (κ2) is 5.51. The first kappa shape index (κ1) is 13.3. The van der Waals surface area contributed by atoms with Crippen LogP contribution in [-0.4, -0.2) is 36.5 Å². The molecule has 1 rings (SSSR count). The maximum absolute atomic E-state index is 10.6. The van der Waals surface area contributed by atoms with Gasteiger partial charge in [0.05, 0.1) is 20.3 Å². The number of hydrogen-bond acceptors (Lipinski definition) is 5. The molecule has 4 N–H and O–H groups in total. The Morgan fingerprint density at radius 1 is 1.24 bits per heavy atom. The number of carboxylic acid groups (broad SMARTS) is 1. The molecule has 6 nitrogen and oxygen atoms in total. The number of nitrogens with two attached hydrogens (primary N) is 1. The first-order valence-corrected chi connectivity index (χ1v) is 4.89. The molecule has 0 aliphatic carbocycles. The van der Waals surface area contributed by atoms with Crippen molar-refractivity contribution >= 4 is 5.97 Å². The van der Waals surface area contributed by atoms with Crippen LogP contribution in [0.3, 0.4) is 0 Å². The predicted octanol–water partition coefficient (Wildman–Crippen LogP) is 0.149. The van der Waals surface area contributed by atoms with Crippen LogP contribution in [0, 0.1) is 0 Å². The molecule has 0 heterocycles. The summed E-state index contributed by atoms with van der Waals surface area (Å²) in [6, 6.07) is 3.69. The lowest BCUT2D eigenvalue weighted by Gasteiger charge is -2.17. The number of aliphatic hydroxyl groups excluding tert-OH is 1. The smallest absolute Gasteiger partial charge is 0.334 e. The van der Waals surface area contributed by atoms with Gasteiger partial charge in [0.15, 0.2) is 6.10 Å². The lowest BCUT2D eigenvalue weighted by atomic mass is 10.0. The molecule has 0 fully saturated rings. The summed E-state index contributed by atoms with van der Waals surface area (Å²) in [6.07, 6.45) is -1.67. The van der Waals surface area contributed by atoms with Crippen LogP contribution in [0.25, 0.3) is 0 Å². The Morgan fingerprint density at radius 3 is 2.06 bits per heavy atom. The third kappa shape index (κ3) is 3.08. The Morgan fingerprint density at radius 2 is 1.71 bits per heavy atom. The van der Waals surface area contributed by atoms with Crippen LogP contribution in [0.1, 0.15) is 11.6 Å². The number of benzene rings is 1. The highest BCUT2D eigenvalue weighted by atomic mass is 16.5. The van der Waals surface area contributed by atoms with E-state index in [0.29, 0.717) is 17.1 Å². The van der Waals surface area contributed by atoms with Gasteiger partial charge in [0.25, 0.3) is 0 Å². The summed E-state index contributed by atoms with van der Waals surface area (Å²) in [5, 5.41) is 18.0. The third-order valence-corrected chi connectivity index (χ3v) is 2.35. The molecular weight excluding hydrogens is 226 g/mol.